The van der Waals surface area contributed by atoms with Gasteiger partial charge in [0, 0.05) is 37.3 Å². The van der Waals surface area contributed by atoms with Crippen molar-refractivity contribution in [1.29, 1.82) is 0 Å². The van der Waals surface area contributed by atoms with Crippen LogP contribution in [-0.2, 0) is 4.79 Å². The highest BCUT2D eigenvalue weighted by atomic mass is 16.1. The van der Waals surface area contributed by atoms with Crippen LogP contribution in [0.2, 0.25) is 0 Å². The molecule has 2 atom stereocenters. The van der Waals surface area contributed by atoms with Gasteiger partial charge in [-0.25, -0.2) is 0 Å². The van der Waals surface area contributed by atoms with Gasteiger partial charge >= 0.3 is 0 Å². The lowest BCUT2D eigenvalue weighted by Gasteiger charge is -2.18. The van der Waals surface area contributed by atoms with Crippen LogP contribution in [0.15, 0.2) is 48.5 Å². The predicted molar refractivity (Wildman–Crippen MR) is 93.8 cm³/mol. The first kappa shape index (κ1) is 16.1. The van der Waals surface area contributed by atoms with E-state index in [4.69, 9.17) is 0 Å². The molecule has 2 rings (SSSR count). The average molecular weight is 296 g/mol. The summed E-state index contributed by atoms with van der Waals surface area (Å²) < 4.78 is 0. The molecule has 0 bridgehead atoms. The maximum absolute atomic E-state index is 12.7. The molecule has 0 aliphatic carbocycles. The predicted octanol–water partition coefficient (Wildman–Crippen LogP) is 4.25. The van der Waals surface area contributed by atoms with Gasteiger partial charge in [0.05, 0.1) is 0 Å². The summed E-state index contributed by atoms with van der Waals surface area (Å²) in [7, 11) is 3.78. The van der Waals surface area contributed by atoms with Crippen molar-refractivity contribution in [2.24, 2.45) is 0 Å². The first-order valence-electron chi connectivity index (χ1n) is 7.66. The Kier molecular flexibility index (Phi) is 5.21. The van der Waals surface area contributed by atoms with Gasteiger partial charge in [0.15, 0.2) is 0 Å². The lowest BCUT2D eigenvalue weighted by molar-refractivity contribution is -0.121. The Morgan fingerprint density at radius 1 is 0.727 bits per heavy atom. The van der Waals surface area contributed by atoms with Crippen molar-refractivity contribution in [3.05, 3.63) is 59.7 Å². The van der Waals surface area contributed by atoms with E-state index >= 15 is 0 Å². The summed E-state index contributed by atoms with van der Waals surface area (Å²) in [5.74, 6) is 0.0316. The number of Topliss-reactive ketones (excluding diaryl/α,β-unsaturated/α-hetero) is 1. The molecule has 0 aromatic heterocycles. The molecule has 0 radical (unpaired) electrons. The van der Waals surface area contributed by atoms with Crippen LogP contribution < -0.4 is 10.6 Å². The van der Waals surface area contributed by atoms with Crippen LogP contribution in [0.25, 0.3) is 0 Å². The highest BCUT2D eigenvalue weighted by Gasteiger charge is 2.22. The van der Waals surface area contributed by atoms with E-state index < -0.39 is 0 Å². The quantitative estimate of drug-likeness (QED) is 0.837. The molecule has 0 aliphatic rings. The zero-order valence-electron chi connectivity index (χ0n) is 13.7. The van der Waals surface area contributed by atoms with Gasteiger partial charge in [0.1, 0.15) is 5.78 Å². The molecule has 0 amide bonds. The van der Waals surface area contributed by atoms with Gasteiger partial charge in [-0.3, -0.25) is 4.79 Å². The fourth-order valence-electron chi connectivity index (χ4n) is 2.58. The summed E-state index contributed by atoms with van der Waals surface area (Å²) in [5.41, 5.74) is 4.23. The molecule has 0 saturated heterocycles. The maximum Gasteiger partial charge on any atom is 0.147 e. The second-order valence-electron chi connectivity index (χ2n) is 5.59. The lowest BCUT2D eigenvalue weighted by Crippen LogP contribution is -2.16. The molecular weight excluding hydrogens is 272 g/mol. The highest BCUT2D eigenvalue weighted by Crippen LogP contribution is 2.27. The molecule has 2 unspecified atom stereocenters. The van der Waals surface area contributed by atoms with Crippen molar-refractivity contribution in [1.82, 2.24) is 0 Å². The first-order chi connectivity index (χ1) is 10.6. The Morgan fingerprint density at radius 2 is 1.05 bits per heavy atom. The van der Waals surface area contributed by atoms with E-state index in [9.17, 15) is 4.79 Å². The van der Waals surface area contributed by atoms with E-state index in [1.165, 1.54) is 0 Å². The Bertz CT molecular complexity index is 561. The Hall–Kier alpha value is -2.29. The molecular formula is C19H24N2O. The Labute approximate surface area is 132 Å². The minimum absolute atomic E-state index is 0.107. The van der Waals surface area contributed by atoms with E-state index in [2.05, 4.69) is 10.6 Å². The Balaban J connectivity index is 2.13. The van der Waals surface area contributed by atoms with Crippen LogP contribution >= 0.6 is 0 Å². The number of carbonyl (C=O) groups excluding carboxylic acids is 1. The topological polar surface area (TPSA) is 41.1 Å². The van der Waals surface area contributed by atoms with E-state index in [-0.39, 0.29) is 17.6 Å². The van der Waals surface area contributed by atoms with Crippen LogP contribution in [0.5, 0.6) is 0 Å². The van der Waals surface area contributed by atoms with Gasteiger partial charge in [-0.1, -0.05) is 38.1 Å². The first-order valence-corrected chi connectivity index (χ1v) is 7.66. The fraction of sp³-hybridized carbons (Fsp3) is 0.316. The van der Waals surface area contributed by atoms with Crippen molar-refractivity contribution >= 4 is 17.2 Å². The minimum Gasteiger partial charge on any atom is -0.388 e. The molecule has 3 heteroatoms. The van der Waals surface area contributed by atoms with Gasteiger partial charge in [-0.15, -0.1) is 0 Å². The number of carbonyl (C=O) groups is 1. The number of hydrogen-bond donors (Lipinski definition) is 2. The summed E-state index contributed by atoms with van der Waals surface area (Å²) in [5, 5.41) is 6.18. The van der Waals surface area contributed by atoms with E-state index in [1.807, 2.05) is 76.5 Å². The van der Waals surface area contributed by atoms with Crippen LogP contribution in [-0.4, -0.2) is 19.9 Å². The molecule has 2 aromatic rings. The minimum atomic E-state index is -0.107. The van der Waals surface area contributed by atoms with Gasteiger partial charge in [-0.05, 0) is 35.4 Å². The third-order valence-electron chi connectivity index (χ3n) is 4.25. The number of benzene rings is 2. The van der Waals surface area contributed by atoms with Crippen molar-refractivity contribution < 1.29 is 4.79 Å². The van der Waals surface area contributed by atoms with Gasteiger partial charge in [0.2, 0.25) is 0 Å². The molecule has 0 saturated carbocycles. The maximum atomic E-state index is 12.7. The molecule has 22 heavy (non-hydrogen) atoms. The number of hydrogen-bond acceptors (Lipinski definition) is 3. The van der Waals surface area contributed by atoms with E-state index in [0.717, 1.165) is 22.5 Å². The summed E-state index contributed by atoms with van der Waals surface area (Å²) in [6, 6.07) is 16.1. The summed E-state index contributed by atoms with van der Waals surface area (Å²) >= 11 is 0. The molecule has 2 N–H and O–H groups in total. The molecule has 3 nitrogen and oxygen atoms in total. The number of anilines is 2. The van der Waals surface area contributed by atoms with Crippen molar-refractivity contribution in [3.63, 3.8) is 0 Å². The second-order valence-corrected chi connectivity index (χ2v) is 5.59. The van der Waals surface area contributed by atoms with Crippen molar-refractivity contribution in [2.75, 3.05) is 24.7 Å². The van der Waals surface area contributed by atoms with Crippen LogP contribution in [0.4, 0.5) is 11.4 Å². The van der Waals surface area contributed by atoms with E-state index in [1.54, 1.807) is 0 Å². The fourth-order valence-corrected chi connectivity index (χ4v) is 2.58. The molecule has 0 spiro atoms. The monoisotopic (exact) mass is 296 g/mol. The Morgan fingerprint density at radius 3 is 1.32 bits per heavy atom. The zero-order chi connectivity index (χ0) is 16.1. The van der Waals surface area contributed by atoms with Crippen LogP contribution in [0.3, 0.4) is 0 Å². The van der Waals surface area contributed by atoms with Gasteiger partial charge in [-0.2, -0.15) is 0 Å². The largest absolute Gasteiger partial charge is 0.388 e. The van der Waals surface area contributed by atoms with Crippen LogP contribution in [0, 0.1) is 0 Å². The standard InChI is InChI=1S/C19H24N2O/c1-13(15-5-9-17(20-3)10-6-15)19(22)14(2)16-7-11-18(21-4)12-8-16/h5-14,20-21H,1-4H3. The van der Waals surface area contributed by atoms with Gasteiger partial charge < -0.3 is 10.6 Å². The summed E-state index contributed by atoms with van der Waals surface area (Å²) in [6.45, 7) is 3.96. The third-order valence-corrected chi connectivity index (χ3v) is 4.25. The molecule has 0 aliphatic heterocycles. The zero-order valence-corrected chi connectivity index (χ0v) is 13.7. The SMILES string of the molecule is CNc1ccc(C(C)C(=O)C(C)c2ccc(NC)cc2)cc1. The summed E-state index contributed by atoms with van der Waals surface area (Å²) in [6.07, 6.45) is 0. The van der Waals surface area contributed by atoms with Crippen molar-refractivity contribution in [2.45, 2.75) is 25.7 Å². The lowest BCUT2D eigenvalue weighted by atomic mass is 9.86. The highest BCUT2D eigenvalue weighted by molar-refractivity contribution is 5.91. The van der Waals surface area contributed by atoms with Gasteiger partial charge in [0.25, 0.3) is 0 Å². The molecule has 116 valence electrons. The average Bonchev–Trinajstić information content (AvgIpc) is 2.60. The molecule has 0 fully saturated rings. The molecule has 2 aromatic carbocycles. The number of ketones is 1. The second kappa shape index (κ2) is 7.12. The normalized spacial score (nSPS) is 13.3. The molecule has 0 heterocycles. The number of rotatable bonds is 6. The van der Waals surface area contributed by atoms with Crippen LogP contribution in [0.1, 0.15) is 36.8 Å². The number of nitrogens with one attached hydrogen (secondary N) is 2. The van der Waals surface area contributed by atoms with Crippen molar-refractivity contribution in [3.8, 4) is 0 Å². The third kappa shape index (κ3) is 3.48. The smallest absolute Gasteiger partial charge is 0.147 e. The van der Waals surface area contributed by atoms with E-state index in [0.29, 0.717) is 0 Å². The summed E-state index contributed by atoms with van der Waals surface area (Å²) in [4.78, 5) is 12.7.